The largest absolute Gasteiger partial charge is 0.336 e. The summed E-state index contributed by atoms with van der Waals surface area (Å²) in [5, 5.41) is 2.83. The molecule has 0 heterocycles. The minimum atomic E-state index is -0.407. The molecule has 0 fully saturated rings. The summed E-state index contributed by atoms with van der Waals surface area (Å²) in [6.45, 7) is 2.01. The molecule has 0 saturated heterocycles. The van der Waals surface area contributed by atoms with Crippen LogP contribution in [0.15, 0.2) is 60.7 Å². The van der Waals surface area contributed by atoms with Gasteiger partial charge >= 0.3 is 0 Å². The Morgan fingerprint density at radius 2 is 1.53 bits per heavy atom. The standard InChI is InChI=1S/C16H18N2O/c1-12(13-8-4-2-5-9-13)15(17)18-16(19)14-10-6-3-7-11-14/h2-12,15H,17H2,1H3,(H,18,19). The number of amides is 1. The second-order valence-corrected chi connectivity index (χ2v) is 4.56. The molecule has 0 aliphatic heterocycles. The van der Waals surface area contributed by atoms with E-state index in [0.29, 0.717) is 5.56 Å². The SMILES string of the molecule is CC(c1ccccc1)C(N)NC(=O)c1ccccc1. The van der Waals surface area contributed by atoms with E-state index in [-0.39, 0.29) is 11.8 Å². The lowest BCUT2D eigenvalue weighted by molar-refractivity contribution is 0.0933. The third kappa shape index (κ3) is 3.42. The van der Waals surface area contributed by atoms with Crippen molar-refractivity contribution in [3.05, 3.63) is 71.8 Å². The Hall–Kier alpha value is -2.13. The number of hydrogen-bond donors (Lipinski definition) is 2. The van der Waals surface area contributed by atoms with Crippen molar-refractivity contribution in [1.82, 2.24) is 5.32 Å². The van der Waals surface area contributed by atoms with Gasteiger partial charge < -0.3 is 11.1 Å². The van der Waals surface area contributed by atoms with E-state index in [1.54, 1.807) is 12.1 Å². The molecule has 19 heavy (non-hydrogen) atoms. The topological polar surface area (TPSA) is 55.1 Å². The lowest BCUT2D eigenvalue weighted by Crippen LogP contribution is -2.45. The molecule has 2 atom stereocenters. The van der Waals surface area contributed by atoms with Crippen molar-refractivity contribution in [2.45, 2.75) is 19.0 Å². The lowest BCUT2D eigenvalue weighted by atomic mass is 9.98. The molecule has 0 radical (unpaired) electrons. The van der Waals surface area contributed by atoms with Gasteiger partial charge in [-0.05, 0) is 17.7 Å². The summed E-state index contributed by atoms with van der Waals surface area (Å²) in [6.07, 6.45) is -0.407. The molecule has 3 N–H and O–H groups in total. The summed E-state index contributed by atoms with van der Waals surface area (Å²) in [7, 11) is 0. The first-order valence-electron chi connectivity index (χ1n) is 6.35. The van der Waals surface area contributed by atoms with Crippen LogP contribution in [-0.2, 0) is 0 Å². The summed E-state index contributed by atoms with van der Waals surface area (Å²) in [6, 6.07) is 19.0. The number of carbonyl (C=O) groups excluding carboxylic acids is 1. The Kier molecular flexibility index (Phi) is 4.31. The van der Waals surface area contributed by atoms with Gasteiger partial charge in [-0.1, -0.05) is 55.5 Å². The summed E-state index contributed by atoms with van der Waals surface area (Å²) in [5.41, 5.74) is 7.79. The molecule has 0 spiro atoms. The lowest BCUT2D eigenvalue weighted by Gasteiger charge is -2.21. The van der Waals surface area contributed by atoms with Gasteiger partial charge in [0, 0.05) is 11.5 Å². The fourth-order valence-corrected chi connectivity index (χ4v) is 1.91. The molecule has 2 unspecified atom stereocenters. The van der Waals surface area contributed by atoms with Gasteiger partial charge in [0.2, 0.25) is 0 Å². The number of carbonyl (C=O) groups is 1. The number of hydrogen-bond acceptors (Lipinski definition) is 2. The normalized spacial score (nSPS) is 13.6. The van der Waals surface area contributed by atoms with Crippen molar-refractivity contribution in [1.29, 1.82) is 0 Å². The number of nitrogens with two attached hydrogens (primary N) is 1. The van der Waals surface area contributed by atoms with Crippen molar-refractivity contribution >= 4 is 5.91 Å². The Balaban J connectivity index is 2.02. The highest BCUT2D eigenvalue weighted by Gasteiger charge is 2.17. The predicted molar refractivity (Wildman–Crippen MR) is 76.7 cm³/mol. The molecule has 0 aromatic heterocycles. The van der Waals surface area contributed by atoms with Gasteiger partial charge in [-0.2, -0.15) is 0 Å². The van der Waals surface area contributed by atoms with E-state index in [1.807, 2.05) is 55.5 Å². The molecular formula is C16H18N2O. The molecule has 2 rings (SSSR count). The van der Waals surface area contributed by atoms with Gasteiger partial charge in [-0.25, -0.2) is 0 Å². The number of benzene rings is 2. The highest BCUT2D eigenvalue weighted by Crippen LogP contribution is 2.16. The molecule has 2 aromatic rings. The number of nitrogens with one attached hydrogen (secondary N) is 1. The van der Waals surface area contributed by atoms with Crippen LogP contribution in [-0.4, -0.2) is 12.1 Å². The third-order valence-corrected chi connectivity index (χ3v) is 3.20. The summed E-state index contributed by atoms with van der Waals surface area (Å²) < 4.78 is 0. The molecular weight excluding hydrogens is 236 g/mol. The molecule has 98 valence electrons. The van der Waals surface area contributed by atoms with E-state index >= 15 is 0 Å². The van der Waals surface area contributed by atoms with Crippen LogP contribution in [0.5, 0.6) is 0 Å². The summed E-state index contributed by atoms with van der Waals surface area (Å²) in [4.78, 5) is 12.0. The molecule has 0 aliphatic rings. The van der Waals surface area contributed by atoms with E-state index in [1.165, 1.54) is 0 Å². The Morgan fingerprint density at radius 3 is 2.11 bits per heavy atom. The second kappa shape index (κ2) is 6.16. The van der Waals surface area contributed by atoms with Gasteiger partial charge in [-0.3, -0.25) is 4.79 Å². The zero-order chi connectivity index (χ0) is 13.7. The average Bonchev–Trinajstić information content (AvgIpc) is 2.48. The summed E-state index contributed by atoms with van der Waals surface area (Å²) in [5.74, 6) is -0.0789. The maximum absolute atomic E-state index is 12.0. The van der Waals surface area contributed by atoms with Crippen molar-refractivity contribution < 1.29 is 4.79 Å². The van der Waals surface area contributed by atoms with Crippen molar-refractivity contribution in [2.75, 3.05) is 0 Å². The molecule has 0 aliphatic carbocycles. The maximum atomic E-state index is 12.0. The third-order valence-electron chi connectivity index (χ3n) is 3.20. The molecule has 3 heteroatoms. The van der Waals surface area contributed by atoms with Gasteiger partial charge in [-0.15, -0.1) is 0 Å². The quantitative estimate of drug-likeness (QED) is 0.824. The van der Waals surface area contributed by atoms with Crippen LogP contribution in [0.4, 0.5) is 0 Å². The van der Waals surface area contributed by atoms with Crippen LogP contribution < -0.4 is 11.1 Å². The van der Waals surface area contributed by atoms with Crippen LogP contribution in [0.3, 0.4) is 0 Å². The van der Waals surface area contributed by atoms with Gasteiger partial charge in [0.25, 0.3) is 5.91 Å². The van der Waals surface area contributed by atoms with E-state index in [9.17, 15) is 4.79 Å². The highest BCUT2D eigenvalue weighted by molar-refractivity contribution is 5.94. The van der Waals surface area contributed by atoms with E-state index in [0.717, 1.165) is 5.56 Å². The molecule has 0 bridgehead atoms. The molecule has 0 saturated carbocycles. The van der Waals surface area contributed by atoms with Gasteiger partial charge in [0.1, 0.15) is 0 Å². The second-order valence-electron chi connectivity index (χ2n) is 4.56. The Labute approximate surface area is 113 Å². The minimum absolute atomic E-state index is 0.0638. The van der Waals surface area contributed by atoms with Crippen molar-refractivity contribution in [2.24, 2.45) is 5.73 Å². The Bertz CT molecular complexity index is 525. The fourth-order valence-electron chi connectivity index (χ4n) is 1.91. The number of rotatable bonds is 4. The van der Waals surface area contributed by atoms with E-state index in [4.69, 9.17) is 5.73 Å². The first-order chi connectivity index (χ1) is 9.18. The van der Waals surface area contributed by atoms with E-state index < -0.39 is 6.17 Å². The molecule has 2 aromatic carbocycles. The van der Waals surface area contributed by atoms with Crippen LogP contribution in [0.25, 0.3) is 0 Å². The zero-order valence-electron chi connectivity index (χ0n) is 10.9. The van der Waals surface area contributed by atoms with Gasteiger partial charge in [0.15, 0.2) is 0 Å². The van der Waals surface area contributed by atoms with Crippen LogP contribution in [0.1, 0.15) is 28.8 Å². The Morgan fingerprint density at radius 1 is 1.00 bits per heavy atom. The smallest absolute Gasteiger partial charge is 0.252 e. The zero-order valence-corrected chi connectivity index (χ0v) is 10.9. The van der Waals surface area contributed by atoms with Crippen molar-refractivity contribution in [3.63, 3.8) is 0 Å². The highest BCUT2D eigenvalue weighted by atomic mass is 16.1. The van der Waals surface area contributed by atoms with Crippen molar-refractivity contribution in [3.8, 4) is 0 Å². The first-order valence-corrected chi connectivity index (χ1v) is 6.35. The van der Waals surface area contributed by atoms with E-state index in [2.05, 4.69) is 5.32 Å². The maximum Gasteiger partial charge on any atom is 0.252 e. The predicted octanol–water partition coefficient (Wildman–Crippen LogP) is 2.50. The fraction of sp³-hybridized carbons (Fsp3) is 0.188. The average molecular weight is 254 g/mol. The van der Waals surface area contributed by atoms with Crippen LogP contribution in [0.2, 0.25) is 0 Å². The minimum Gasteiger partial charge on any atom is -0.336 e. The molecule has 3 nitrogen and oxygen atoms in total. The van der Waals surface area contributed by atoms with Crippen LogP contribution in [0, 0.1) is 0 Å². The summed E-state index contributed by atoms with van der Waals surface area (Å²) >= 11 is 0. The first kappa shape index (κ1) is 13.3. The monoisotopic (exact) mass is 254 g/mol. The van der Waals surface area contributed by atoms with Crippen LogP contribution >= 0.6 is 0 Å². The van der Waals surface area contributed by atoms with Gasteiger partial charge in [0.05, 0.1) is 6.17 Å². The molecule has 1 amide bonds.